The van der Waals surface area contributed by atoms with Crippen molar-refractivity contribution in [1.82, 2.24) is 0 Å². The minimum Gasteiger partial charge on any atom is -0.480 e. The van der Waals surface area contributed by atoms with E-state index in [-0.39, 0.29) is 0 Å². The van der Waals surface area contributed by atoms with Gasteiger partial charge in [0.15, 0.2) is 0 Å². The molecule has 0 saturated heterocycles. The SMILES string of the molecule is CCN(c1cc(Cl)cc(Cl)c1)[C@@H](C)C(=O)O. The number of anilines is 1. The van der Waals surface area contributed by atoms with Crippen molar-refractivity contribution in [3.63, 3.8) is 0 Å². The van der Waals surface area contributed by atoms with Crippen LogP contribution in [0, 0.1) is 0 Å². The van der Waals surface area contributed by atoms with Gasteiger partial charge in [-0.2, -0.15) is 0 Å². The van der Waals surface area contributed by atoms with E-state index < -0.39 is 12.0 Å². The number of carbonyl (C=O) groups is 1. The molecule has 0 saturated carbocycles. The average molecular weight is 262 g/mol. The van der Waals surface area contributed by atoms with Gasteiger partial charge < -0.3 is 10.0 Å². The first-order valence-electron chi connectivity index (χ1n) is 4.91. The fraction of sp³-hybridized carbons (Fsp3) is 0.364. The Bertz CT molecular complexity index is 375. The van der Waals surface area contributed by atoms with Crippen LogP contribution in [-0.2, 0) is 4.79 Å². The van der Waals surface area contributed by atoms with Gasteiger partial charge in [-0.15, -0.1) is 0 Å². The monoisotopic (exact) mass is 261 g/mol. The summed E-state index contributed by atoms with van der Waals surface area (Å²) in [6, 6.07) is 4.41. The molecule has 1 aromatic carbocycles. The summed E-state index contributed by atoms with van der Waals surface area (Å²) in [4.78, 5) is 12.7. The summed E-state index contributed by atoms with van der Waals surface area (Å²) in [5.74, 6) is -0.877. The van der Waals surface area contributed by atoms with Gasteiger partial charge >= 0.3 is 5.97 Å². The van der Waals surface area contributed by atoms with Gasteiger partial charge in [0, 0.05) is 22.3 Å². The molecule has 16 heavy (non-hydrogen) atoms. The number of aliphatic carboxylic acids is 1. The Kier molecular flexibility index (Phi) is 4.44. The van der Waals surface area contributed by atoms with E-state index in [0.717, 1.165) is 5.69 Å². The van der Waals surface area contributed by atoms with E-state index in [1.165, 1.54) is 0 Å². The van der Waals surface area contributed by atoms with Crippen LogP contribution >= 0.6 is 23.2 Å². The second-order valence-corrected chi connectivity index (χ2v) is 4.30. The molecule has 0 radical (unpaired) electrons. The highest BCUT2D eigenvalue weighted by Gasteiger charge is 2.19. The maximum Gasteiger partial charge on any atom is 0.326 e. The zero-order valence-electron chi connectivity index (χ0n) is 9.08. The number of likely N-dealkylation sites (N-methyl/N-ethyl adjacent to an activating group) is 1. The molecule has 0 aliphatic rings. The molecule has 0 amide bonds. The van der Waals surface area contributed by atoms with E-state index in [0.29, 0.717) is 16.6 Å². The van der Waals surface area contributed by atoms with Crippen LogP contribution in [0.25, 0.3) is 0 Å². The predicted octanol–water partition coefficient (Wildman–Crippen LogP) is 3.29. The number of nitrogens with zero attached hydrogens (tertiary/aromatic N) is 1. The number of halogens is 2. The second-order valence-electron chi connectivity index (χ2n) is 3.43. The summed E-state index contributed by atoms with van der Waals surface area (Å²) < 4.78 is 0. The zero-order chi connectivity index (χ0) is 12.3. The number of benzene rings is 1. The maximum absolute atomic E-state index is 10.9. The summed E-state index contributed by atoms with van der Waals surface area (Å²) in [5, 5.41) is 9.97. The van der Waals surface area contributed by atoms with Crippen LogP contribution in [0.1, 0.15) is 13.8 Å². The molecule has 88 valence electrons. The van der Waals surface area contributed by atoms with Crippen LogP contribution in [0.4, 0.5) is 5.69 Å². The molecule has 0 bridgehead atoms. The van der Waals surface area contributed by atoms with Crippen molar-refractivity contribution in [1.29, 1.82) is 0 Å². The first-order chi connectivity index (χ1) is 7.45. The highest BCUT2D eigenvalue weighted by atomic mass is 35.5. The first-order valence-corrected chi connectivity index (χ1v) is 5.66. The van der Waals surface area contributed by atoms with Crippen LogP contribution in [0.2, 0.25) is 10.0 Å². The van der Waals surface area contributed by atoms with Gasteiger partial charge in [-0.05, 0) is 32.0 Å². The minimum atomic E-state index is -0.877. The van der Waals surface area contributed by atoms with E-state index in [1.807, 2.05) is 6.92 Å². The summed E-state index contributed by atoms with van der Waals surface area (Å²) >= 11 is 11.8. The Morgan fingerprint density at radius 2 is 1.88 bits per heavy atom. The molecule has 1 rings (SSSR count). The van der Waals surface area contributed by atoms with Crippen molar-refractivity contribution in [2.45, 2.75) is 19.9 Å². The van der Waals surface area contributed by atoms with Crippen LogP contribution in [0.3, 0.4) is 0 Å². The third kappa shape index (κ3) is 3.03. The number of rotatable bonds is 4. The Morgan fingerprint density at radius 1 is 1.38 bits per heavy atom. The predicted molar refractivity (Wildman–Crippen MR) is 66.6 cm³/mol. The van der Waals surface area contributed by atoms with Gasteiger partial charge in [0.1, 0.15) is 6.04 Å². The highest BCUT2D eigenvalue weighted by molar-refractivity contribution is 6.35. The average Bonchev–Trinajstić information content (AvgIpc) is 2.16. The topological polar surface area (TPSA) is 40.5 Å². The van der Waals surface area contributed by atoms with Crippen LogP contribution in [0.15, 0.2) is 18.2 Å². The van der Waals surface area contributed by atoms with E-state index in [1.54, 1.807) is 30.0 Å². The van der Waals surface area contributed by atoms with Crippen molar-refractivity contribution in [3.8, 4) is 0 Å². The van der Waals surface area contributed by atoms with Gasteiger partial charge in [-0.1, -0.05) is 23.2 Å². The molecule has 0 unspecified atom stereocenters. The Hall–Kier alpha value is -0.930. The van der Waals surface area contributed by atoms with Crippen molar-refractivity contribution < 1.29 is 9.90 Å². The molecule has 0 aliphatic heterocycles. The fourth-order valence-electron chi connectivity index (χ4n) is 1.52. The number of hydrogen-bond donors (Lipinski definition) is 1. The van der Waals surface area contributed by atoms with Crippen molar-refractivity contribution in [3.05, 3.63) is 28.2 Å². The number of carboxylic acids is 1. The van der Waals surface area contributed by atoms with Crippen LogP contribution < -0.4 is 4.90 Å². The van der Waals surface area contributed by atoms with Gasteiger partial charge in [0.2, 0.25) is 0 Å². The van der Waals surface area contributed by atoms with Gasteiger partial charge in [0.25, 0.3) is 0 Å². The smallest absolute Gasteiger partial charge is 0.326 e. The molecule has 0 aromatic heterocycles. The summed E-state index contributed by atoms with van der Waals surface area (Å²) in [6.07, 6.45) is 0. The van der Waals surface area contributed by atoms with Crippen molar-refractivity contribution in [2.24, 2.45) is 0 Å². The minimum absolute atomic E-state index is 0.499. The van der Waals surface area contributed by atoms with E-state index in [9.17, 15) is 4.79 Å². The number of hydrogen-bond acceptors (Lipinski definition) is 2. The molecule has 0 heterocycles. The lowest BCUT2D eigenvalue weighted by Crippen LogP contribution is -2.38. The Morgan fingerprint density at radius 3 is 2.25 bits per heavy atom. The number of carboxylic acid groups (broad SMARTS) is 1. The van der Waals surface area contributed by atoms with Crippen LogP contribution in [-0.4, -0.2) is 23.7 Å². The summed E-state index contributed by atoms with van der Waals surface area (Å²) in [7, 11) is 0. The van der Waals surface area contributed by atoms with E-state index >= 15 is 0 Å². The molecular formula is C11H13Cl2NO2. The molecule has 0 fully saturated rings. The Labute approximate surface area is 105 Å². The second kappa shape index (κ2) is 5.41. The lowest BCUT2D eigenvalue weighted by molar-refractivity contribution is -0.138. The summed E-state index contributed by atoms with van der Waals surface area (Å²) in [6.45, 7) is 4.08. The zero-order valence-corrected chi connectivity index (χ0v) is 10.6. The molecule has 1 N–H and O–H groups in total. The molecular weight excluding hydrogens is 249 g/mol. The molecule has 5 heteroatoms. The molecule has 1 aromatic rings. The van der Waals surface area contributed by atoms with Crippen molar-refractivity contribution >= 4 is 34.9 Å². The lowest BCUT2D eigenvalue weighted by Gasteiger charge is -2.27. The normalized spacial score (nSPS) is 12.2. The third-order valence-electron chi connectivity index (χ3n) is 2.34. The standard InChI is InChI=1S/C11H13Cl2NO2/c1-3-14(7(2)11(15)16)10-5-8(12)4-9(13)6-10/h4-7H,3H2,1-2H3,(H,15,16)/t7-/m0/s1. The molecule has 3 nitrogen and oxygen atoms in total. The van der Waals surface area contributed by atoms with E-state index in [4.69, 9.17) is 28.3 Å². The largest absolute Gasteiger partial charge is 0.480 e. The van der Waals surface area contributed by atoms with Gasteiger partial charge in [-0.25, -0.2) is 4.79 Å². The molecule has 0 spiro atoms. The maximum atomic E-state index is 10.9. The molecule has 1 atom stereocenters. The summed E-state index contributed by atoms with van der Waals surface area (Å²) in [5.41, 5.74) is 0.718. The lowest BCUT2D eigenvalue weighted by atomic mass is 10.2. The third-order valence-corrected chi connectivity index (χ3v) is 2.78. The fourth-order valence-corrected chi connectivity index (χ4v) is 2.03. The van der Waals surface area contributed by atoms with Gasteiger partial charge in [-0.3, -0.25) is 0 Å². The Balaban J connectivity index is 3.08. The van der Waals surface area contributed by atoms with Crippen LogP contribution in [0.5, 0.6) is 0 Å². The van der Waals surface area contributed by atoms with Crippen molar-refractivity contribution in [2.75, 3.05) is 11.4 Å². The van der Waals surface area contributed by atoms with E-state index in [2.05, 4.69) is 0 Å². The van der Waals surface area contributed by atoms with Gasteiger partial charge in [0.05, 0.1) is 0 Å². The quantitative estimate of drug-likeness (QED) is 0.905. The molecule has 0 aliphatic carbocycles. The highest BCUT2D eigenvalue weighted by Crippen LogP contribution is 2.26. The first kappa shape index (κ1) is 13.1.